The summed E-state index contributed by atoms with van der Waals surface area (Å²) in [6.45, 7) is 5.02. The van der Waals surface area contributed by atoms with Gasteiger partial charge in [0.2, 0.25) is 0 Å². The lowest BCUT2D eigenvalue weighted by Gasteiger charge is -2.04. The number of ether oxygens (including phenoxy) is 1. The molecule has 9 heavy (non-hydrogen) atoms. The molecular weight excluding hydrogens is 116 g/mol. The molecule has 0 aromatic carbocycles. The van der Waals surface area contributed by atoms with Crippen LogP contribution in [0.25, 0.3) is 0 Å². The molecule has 2 nitrogen and oxygen atoms in total. The van der Waals surface area contributed by atoms with Crippen LogP contribution in [-0.2, 0) is 9.84 Å². The molecule has 0 spiro atoms. The molecular formula is C7H15O2. The second kappa shape index (κ2) is 6.05. The summed E-state index contributed by atoms with van der Waals surface area (Å²) in [4.78, 5) is 0. The van der Waals surface area contributed by atoms with E-state index in [1.807, 2.05) is 13.8 Å². The van der Waals surface area contributed by atoms with E-state index in [1.54, 1.807) is 0 Å². The third kappa shape index (κ3) is 5.80. The highest BCUT2D eigenvalue weighted by molar-refractivity contribution is 4.47. The summed E-state index contributed by atoms with van der Waals surface area (Å²) in [6.07, 6.45) is 1.15. The van der Waals surface area contributed by atoms with Crippen molar-refractivity contribution in [3.05, 3.63) is 0 Å². The van der Waals surface area contributed by atoms with Crippen LogP contribution in [0.5, 0.6) is 0 Å². The zero-order valence-corrected chi connectivity index (χ0v) is 6.22. The first-order valence-electron chi connectivity index (χ1n) is 3.54. The Morgan fingerprint density at radius 3 is 2.56 bits per heavy atom. The Morgan fingerprint density at radius 2 is 2.11 bits per heavy atom. The molecule has 0 aromatic rings. The van der Waals surface area contributed by atoms with Gasteiger partial charge in [-0.25, -0.2) is 5.11 Å². The molecule has 0 amide bonds. The molecule has 0 aliphatic heterocycles. The molecule has 1 atom stereocenters. The van der Waals surface area contributed by atoms with Gasteiger partial charge in [-0.15, -0.1) is 0 Å². The van der Waals surface area contributed by atoms with Gasteiger partial charge in [-0.05, 0) is 12.8 Å². The average molecular weight is 131 g/mol. The Labute approximate surface area is 56.8 Å². The Morgan fingerprint density at radius 1 is 1.44 bits per heavy atom. The summed E-state index contributed by atoms with van der Waals surface area (Å²) in [7, 11) is 0. The minimum absolute atomic E-state index is 0.379. The average Bonchev–Trinajstić information content (AvgIpc) is 1.89. The van der Waals surface area contributed by atoms with Crippen LogP contribution in [0.3, 0.4) is 0 Å². The van der Waals surface area contributed by atoms with E-state index in [9.17, 15) is 5.11 Å². The fourth-order valence-corrected chi connectivity index (χ4v) is 0.477. The molecule has 0 rings (SSSR count). The van der Waals surface area contributed by atoms with Gasteiger partial charge in [-0.1, -0.05) is 13.8 Å². The fraction of sp³-hybridized carbons (Fsp3) is 1.00. The second-order valence-electron chi connectivity index (χ2n) is 2.11. The summed E-state index contributed by atoms with van der Waals surface area (Å²) in [5.74, 6) is 0. The summed E-state index contributed by atoms with van der Waals surface area (Å²) < 4.78 is 5.02. The molecule has 2 heteroatoms. The number of hydrogen-bond acceptors (Lipinski definition) is 1. The van der Waals surface area contributed by atoms with E-state index < -0.39 is 6.10 Å². The third-order valence-electron chi connectivity index (χ3n) is 1.11. The van der Waals surface area contributed by atoms with Gasteiger partial charge in [-0.2, -0.15) is 0 Å². The van der Waals surface area contributed by atoms with Gasteiger partial charge in [-0.3, -0.25) is 0 Å². The van der Waals surface area contributed by atoms with Gasteiger partial charge in [0.05, 0.1) is 6.61 Å². The van der Waals surface area contributed by atoms with Crippen molar-refractivity contribution in [2.24, 2.45) is 0 Å². The van der Waals surface area contributed by atoms with Crippen LogP contribution in [0, 0.1) is 0 Å². The largest absolute Gasteiger partial charge is 0.379 e. The molecule has 1 radical (unpaired) electrons. The van der Waals surface area contributed by atoms with E-state index in [4.69, 9.17) is 4.74 Å². The molecule has 0 bridgehead atoms. The van der Waals surface area contributed by atoms with Crippen LogP contribution < -0.4 is 0 Å². The fourth-order valence-electron chi connectivity index (χ4n) is 0.477. The molecule has 0 N–H and O–H groups in total. The Hall–Kier alpha value is -0.0800. The van der Waals surface area contributed by atoms with E-state index in [0.29, 0.717) is 13.0 Å². The Kier molecular flexibility index (Phi) is 5.99. The lowest BCUT2D eigenvalue weighted by Crippen LogP contribution is -2.12. The van der Waals surface area contributed by atoms with Crippen molar-refractivity contribution < 1.29 is 9.84 Å². The van der Waals surface area contributed by atoms with Crippen molar-refractivity contribution in [3.63, 3.8) is 0 Å². The topological polar surface area (TPSA) is 29.1 Å². The summed E-state index contributed by atoms with van der Waals surface area (Å²) in [6, 6.07) is 0. The minimum atomic E-state index is -0.517. The molecule has 0 aliphatic carbocycles. The maximum absolute atomic E-state index is 10.6. The quantitative estimate of drug-likeness (QED) is 0.521. The van der Waals surface area contributed by atoms with Gasteiger partial charge in [0.15, 0.2) is 0 Å². The third-order valence-corrected chi connectivity index (χ3v) is 1.11. The smallest absolute Gasteiger partial charge is 0.116 e. The van der Waals surface area contributed by atoms with Crippen molar-refractivity contribution >= 4 is 0 Å². The van der Waals surface area contributed by atoms with E-state index in [-0.39, 0.29) is 0 Å². The maximum atomic E-state index is 10.6. The van der Waals surface area contributed by atoms with Crippen LogP contribution in [0.4, 0.5) is 0 Å². The van der Waals surface area contributed by atoms with Gasteiger partial charge in [0.1, 0.15) is 6.10 Å². The zero-order chi connectivity index (χ0) is 7.11. The van der Waals surface area contributed by atoms with Crippen LogP contribution in [0.15, 0.2) is 0 Å². The standard InChI is InChI=1S/C7H15O2/c1-3-5-9-6-7(8)4-2/h7H,3-6H2,1-2H3. The first-order chi connectivity index (χ1) is 4.31. The summed E-state index contributed by atoms with van der Waals surface area (Å²) in [5, 5.41) is 10.6. The Balaban J connectivity index is 2.88. The van der Waals surface area contributed by atoms with Crippen molar-refractivity contribution in [1.29, 1.82) is 0 Å². The van der Waals surface area contributed by atoms with Crippen molar-refractivity contribution in [3.8, 4) is 0 Å². The van der Waals surface area contributed by atoms with Crippen molar-refractivity contribution in [1.82, 2.24) is 0 Å². The van der Waals surface area contributed by atoms with Crippen LogP contribution >= 0.6 is 0 Å². The maximum Gasteiger partial charge on any atom is 0.116 e. The van der Waals surface area contributed by atoms with Crippen LogP contribution in [-0.4, -0.2) is 19.3 Å². The van der Waals surface area contributed by atoms with Crippen molar-refractivity contribution in [2.45, 2.75) is 32.8 Å². The minimum Gasteiger partial charge on any atom is -0.379 e. The number of hydrogen-bond donors (Lipinski definition) is 0. The van der Waals surface area contributed by atoms with Gasteiger partial charge < -0.3 is 4.74 Å². The summed E-state index contributed by atoms with van der Waals surface area (Å²) in [5.41, 5.74) is 0. The van der Waals surface area contributed by atoms with E-state index in [1.165, 1.54) is 0 Å². The zero-order valence-electron chi connectivity index (χ0n) is 6.22. The number of rotatable bonds is 5. The molecule has 1 unspecified atom stereocenters. The monoisotopic (exact) mass is 131 g/mol. The van der Waals surface area contributed by atoms with Crippen LogP contribution in [0.1, 0.15) is 26.7 Å². The highest BCUT2D eigenvalue weighted by atomic mass is 16.5. The Bertz CT molecular complexity index is 54.9. The van der Waals surface area contributed by atoms with E-state index in [0.717, 1.165) is 13.0 Å². The normalized spacial score (nSPS) is 13.7. The molecule has 0 aliphatic rings. The predicted molar refractivity (Wildman–Crippen MR) is 35.9 cm³/mol. The molecule has 0 fully saturated rings. The lowest BCUT2D eigenvalue weighted by atomic mass is 10.3. The van der Waals surface area contributed by atoms with E-state index >= 15 is 0 Å². The molecule has 0 heterocycles. The van der Waals surface area contributed by atoms with Crippen molar-refractivity contribution in [2.75, 3.05) is 13.2 Å². The van der Waals surface area contributed by atoms with Gasteiger partial charge >= 0.3 is 0 Å². The molecule has 0 aromatic heterocycles. The SMILES string of the molecule is CCCOCC([O])CC. The van der Waals surface area contributed by atoms with E-state index in [2.05, 4.69) is 0 Å². The molecule has 0 saturated carbocycles. The van der Waals surface area contributed by atoms with Gasteiger partial charge in [0.25, 0.3) is 0 Å². The van der Waals surface area contributed by atoms with Gasteiger partial charge in [0, 0.05) is 6.61 Å². The first kappa shape index (κ1) is 8.92. The molecule has 55 valence electrons. The first-order valence-corrected chi connectivity index (χ1v) is 3.54. The summed E-state index contributed by atoms with van der Waals surface area (Å²) >= 11 is 0. The molecule has 0 saturated heterocycles. The lowest BCUT2D eigenvalue weighted by molar-refractivity contribution is -0.00448. The predicted octanol–water partition coefficient (Wildman–Crippen LogP) is 1.62. The highest BCUT2D eigenvalue weighted by Crippen LogP contribution is 1.91. The highest BCUT2D eigenvalue weighted by Gasteiger charge is 2.00. The van der Waals surface area contributed by atoms with Crippen LogP contribution in [0.2, 0.25) is 0 Å². The second-order valence-corrected chi connectivity index (χ2v) is 2.11.